The predicted octanol–water partition coefficient (Wildman–Crippen LogP) is 4.08. The van der Waals surface area contributed by atoms with Crippen molar-refractivity contribution in [2.24, 2.45) is 0 Å². The molecule has 0 bridgehead atoms. The third-order valence-electron chi connectivity index (χ3n) is 4.01. The standard InChI is InChI=1S/C19H18ClN3OS/c1-11-6-8-15(9-7-11)22-18(24)16-12(2)21-19(25)23-17(16)13-4-3-5-14(20)10-13/h3-10,17H,1-2H3,(H,22,24)(H2,21,23,25)/t17-/m1/s1. The largest absolute Gasteiger partial charge is 0.351 e. The lowest BCUT2D eigenvalue weighted by molar-refractivity contribution is -0.113. The zero-order valence-electron chi connectivity index (χ0n) is 13.9. The van der Waals surface area contributed by atoms with E-state index in [9.17, 15) is 4.79 Å². The van der Waals surface area contributed by atoms with Gasteiger partial charge in [0.05, 0.1) is 11.6 Å². The Morgan fingerprint density at radius 3 is 2.56 bits per heavy atom. The van der Waals surface area contributed by atoms with Crippen molar-refractivity contribution < 1.29 is 4.79 Å². The van der Waals surface area contributed by atoms with Gasteiger partial charge in [0.25, 0.3) is 5.91 Å². The molecule has 2 aromatic carbocycles. The van der Waals surface area contributed by atoms with E-state index in [0.717, 1.165) is 22.5 Å². The third-order valence-corrected chi connectivity index (χ3v) is 4.46. The van der Waals surface area contributed by atoms with Gasteiger partial charge in [0.2, 0.25) is 0 Å². The van der Waals surface area contributed by atoms with Crippen molar-refractivity contribution in [2.75, 3.05) is 5.32 Å². The minimum absolute atomic E-state index is 0.186. The summed E-state index contributed by atoms with van der Waals surface area (Å²) in [4.78, 5) is 12.9. The summed E-state index contributed by atoms with van der Waals surface area (Å²) >= 11 is 11.4. The van der Waals surface area contributed by atoms with Gasteiger partial charge >= 0.3 is 0 Å². The van der Waals surface area contributed by atoms with E-state index in [1.807, 2.05) is 56.3 Å². The highest BCUT2D eigenvalue weighted by atomic mass is 35.5. The Morgan fingerprint density at radius 2 is 1.88 bits per heavy atom. The summed E-state index contributed by atoms with van der Waals surface area (Å²) in [7, 11) is 0. The van der Waals surface area contributed by atoms with Crippen LogP contribution in [0.3, 0.4) is 0 Å². The third kappa shape index (κ3) is 4.00. The molecule has 1 aliphatic rings. The fraction of sp³-hybridized carbons (Fsp3) is 0.158. The Morgan fingerprint density at radius 1 is 1.16 bits per heavy atom. The van der Waals surface area contributed by atoms with E-state index in [1.165, 1.54) is 0 Å². The molecule has 1 aliphatic heterocycles. The van der Waals surface area contributed by atoms with E-state index in [1.54, 1.807) is 6.07 Å². The molecule has 25 heavy (non-hydrogen) atoms. The highest BCUT2D eigenvalue weighted by Gasteiger charge is 2.30. The average Bonchev–Trinajstić information content (AvgIpc) is 2.56. The van der Waals surface area contributed by atoms with Crippen LogP contribution in [0.15, 0.2) is 59.8 Å². The van der Waals surface area contributed by atoms with Crippen LogP contribution in [0.2, 0.25) is 5.02 Å². The monoisotopic (exact) mass is 371 g/mol. The molecule has 3 N–H and O–H groups in total. The van der Waals surface area contributed by atoms with Gasteiger partial charge in [0.15, 0.2) is 5.11 Å². The van der Waals surface area contributed by atoms with Gasteiger partial charge < -0.3 is 16.0 Å². The molecule has 0 aliphatic carbocycles. The van der Waals surface area contributed by atoms with Crippen molar-refractivity contribution in [1.29, 1.82) is 0 Å². The highest BCUT2D eigenvalue weighted by molar-refractivity contribution is 7.80. The molecule has 128 valence electrons. The molecule has 2 aromatic rings. The lowest BCUT2D eigenvalue weighted by Crippen LogP contribution is -2.45. The van der Waals surface area contributed by atoms with E-state index in [4.69, 9.17) is 23.8 Å². The molecule has 1 atom stereocenters. The van der Waals surface area contributed by atoms with Crippen LogP contribution < -0.4 is 16.0 Å². The van der Waals surface area contributed by atoms with Crippen LogP contribution in [0, 0.1) is 6.92 Å². The Labute approximate surface area is 157 Å². The van der Waals surface area contributed by atoms with Crippen LogP contribution in [0.4, 0.5) is 5.69 Å². The van der Waals surface area contributed by atoms with E-state index in [-0.39, 0.29) is 11.9 Å². The molecular weight excluding hydrogens is 354 g/mol. The zero-order chi connectivity index (χ0) is 18.0. The van der Waals surface area contributed by atoms with E-state index in [2.05, 4.69) is 16.0 Å². The van der Waals surface area contributed by atoms with Gasteiger partial charge in [-0.25, -0.2) is 0 Å². The molecule has 0 unspecified atom stereocenters. The number of aryl methyl sites for hydroxylation is 1. The molecule has 4 nitrogen and oxygen atoms in total. The second-order valence-corrected chi connectivity index (χ2v) is 6.79. The summed E-state index contributed by atoms with van der Waals surface area (Å²) in [6, 6.07) is 14.7. The Hall–Kier alpha value is -2.37. The van der Waals surface area contributed by atoms with Crippen LogP contribution in [-0.2, 0) is 4.79 Å². The first-order chi connectivity index (χ1) is 11.9. The van der Waals surface area contributed by atoms with Crippen molar-refractivity contribution >= 4 is 40.5 Å². The predicted molar refractivity (Wildman–Crippen MR) is 106 cm³/mol. The van der Waals surface area contributed by atoms with Crippen molar-refractivity contribution in [3.63, 3.8) is 0 Å². The summed E-state index contributed by atoms with van der Waals surface area (Å²) in [5, 5.41) is 10.2. The lowest BCUT2D eigenvalue weighted by atomic mass is 9.95. The van der Waals surface area contributed by atoms with E-state index in [0.29, 0.717) is 15.7 Å². The molecule has 0 fully saturated rings. The molecule has 0 radical (unpaired) electrons. The van der Waals surface area contributed by atoms with Gasteiger partial charge in [-0.05, 0) is 55.9 Å². The topological polar surface area (TPSA) is 53.2 Å². The van der Waals surface area contributed by atoms with Crippen LogP contribution in [0.25, 0.3) is 0 Å². The lowest BCUT2D eigenvalue weighted by Gasteiger charge is -2.30. The molecule has 0 saturated carbocycles. The van der Waals surface area contributed by atoms with Crippen molar-refractivity contribution in [2.45, 2.75) is 19.9 Å². The number of hydrogen-bond donors (Lipinski definition) is 3. The zero-order valence-corrected chi connectivity index (χ0v) is 15.5. The normalized spacial score (nSPS) is 16.9. The maximum absolute atomic E-state index is 12.9. The van der Waals surface area contributed by atoms with Crippen molar-refractivity contribution in [3.8, 4) is 0 Å². The highest BCUT2D eigenvalue weighted by Crippen LogP contribution is 2.29. The summed E-state index contributed by atoms with van der Waals surface area (Å²) in [5.74, 6) is -0.186. The number of anilines is 1. The molecule has 3 rings (SSSR count). The van der Waals surface area contributed by atoms with Crippen molar-refractivity contribution in [3.05, 3.63) is 76.0 Å². The average molecular weight is 372 g/mol. The number of allylic oxidation sites excluding steroid dienone is 1. The van der Waals surface area contributed by atoms with Crippen LogP contribution >= 0.6 is 23.8 Å². The first-order valence-electron chi connectivity index (χ1n) is 7.86. The summed E-state index contributed by atoms with van der Waals surface area (Å²) in [6.07, 6.45) is 0. The van der Waals surface area contributed by atoms with Gasteiger partial charge in [0, 0.05) is 16.4 Å². The number of rotatable bonds is 3. The first-order valence-corrected chi connectivity index (χ1v) is 8.64. The van der Waals surface area contributed by atoms with Gasteiger partial charge in [-0.1, -0.05) is 41.4 Å². The second-order valence-electron chi connectivity index (χ2n) is 5.95. The quantitative estimate of drug-likeness (QED) is 0.711. The fourth-order valence-electron chi connectivity index (χ4n) is 2.77. The Balaban J connectivity index is 1.94. The fourth-order valence-corrected chi connectivity index (χ4v) is 3.24. The summed E-state index contributed by atoms with van der Waals surface area (Å²) < 4.78 is 0. The number of benzene rings is 2. The van der Waals surface area contributed by atoms with Gasteiger partial charge in [0.1, 0.15) is 0 Å². The number of carbonyl (C=O) groups excluding carboxylic acids is 1. The Kier molecular flexibility index (Phi) is 5.06. The summed E-state index contributed by atoms with van der Waals surface area (Å²) in [6.45, 7) is 3.85. The number of halogens is 1. The van der Waals surface area contributed by atoms with E-state index >= 15 is 0 Å². The van der Waals surface area contributed by atoms with E-state index < -0.39 is 0 Å². The minimum Gasteiger partial charge on any atom is -0.351 e. The number of carbonyl (C=O) groups is 1. The Bertz CT molecular complexity index is 861. The van der Waals surface area contributed by atoms with Crippen LogP contribution in [0.1, 0.15) is 24.1 Å². The van der Waals surface area contributed by atoms with Crippen LogP contribution in [-0.4, -0.2) is 11.0 Å². The molecular formula is C19H18ClN3OS. The van der Waals surface area contributed by atoms with Gasteiger partial charge in [-0.3, -0.25) is 4.79 Å². The summed E-state index contributed by atoms with van der Waals surface area (Å²) in [5.41, 5.74) is 4.06. The molecule has 1 amide bonds. The van der Waals surface area contributed by atoms with Gasteiger partial charge in [-0.15, -0.1) is 0 Å². The minimum atomic E-state index is -0.363. The molecule has 1 heterocycles. The molecule has 0 spiro atoms. The molecule has 0 saturated heterocycles. The SMILES string of the molecule is CC1=C(C(=O)Nc2ccc(C)cc2)[C@@H](c2cccc(Cl)c2)NC(=S)N1. The molecule has 6 heteroatoms. The number of amides is 1. The van der Waals surface area contributed by atoms with Crippen LogP contribution in [0.5, 0.6) is 0 Å². The maximum Gasteiger partial charge on any atom is 0.255 e. The number of hydrogen-bond acceptors (Lipinski definition) is 2. The van der Waals surface area contributed by atoms with Crippen molar-refractivity contribution in [1.82, 2.24) is 10.6 Å². The second kappa shape index (κ2) is 7.25. The maximum atomic E-state index is 12.9. The van der Waals surface area contributed by atoms with Gasteiger partial charge in [-0.2, -0.15) is 0 Å². The smallest absolute Gasteiger partial charge is 0.255 e. The number of nitrogens with one attached hydrogen (secondary N) is 3. The molecule has 0 aromatic heterocycles. The first kappa shape index (κ1) is 17.5. The number of thiocarbonyl (C=S) groups is 1.